The van der Waals surface area contributed by atoms with Crippen LogP contribution in [0.1, 0.15) is 23.2 Å². The molecule has 2 rings (SSSR count). The lowest BCUT2D eigenvalue weighted by atomic mass is 10.1. The van der Waals surface area contributed by atoms with Crippen LogP contribution in [0.3, 0.4) is 0 Å². The molecule has 0 spiro atoms. The van der Waals surface area contributed by atoms with Crippen LogP contribution < -0.4 is 0 Å². The summed E-state index contributed by atoms with van der Waals surface area (Å²) in [6.07, 6.45) is 1.97. The quantitative estimate of drug-likeness (QED) is 0.825. The molecule has 4 heteroatoms. The van der Waals surface area contributed by atoms with Crippen molar-refractivity contribution in [1.29, 1.82) is 0 Å². The lowest BCUT2D eigenvalue weighted by Gasteiger charge is -2.30. The second-order valence-electron chi connectivity index (χ2n) is 4.73. The molecule has 0 atom stereocenters. The Morgan fingerprint density at radius 3 is 2.56 bits per heavy atom. The minimum absolute atomic E-state index is 0.0870. The standard InChI is InChI=1S/C14H19NO3/c1-15(12-6-8-18-9-7-12)10-14(17)11-2-4-13(16)5-3-11/h2-5,12,16H,6-10H2,1H3. The smallest absolute Gasteiger partial charge is 0.176 e. The molecule has 0 amide bonds. The van der Waals surface area contributed by atoms with Crippen LogP contribution >= 0.6 is 0 Å². The molecule has 0 aromatic heterocycles. The van der Waals surface area contributed by atoms with Gasteiger partial charge >= 0.3 is 0 Å². The van der Waals surface area contributed by atoms with E-state index >= 15 is 0 Å². The number of ketones is 1. The third-order valence-corrected chi connectivity index (χ3v) is 3.40. The van der Waals surface area contributed by atoms with Gasteiger partial charge in [0.2, 0.25) is 0 Å². The van der Waals surface area contributed by atoms with Gasteiger partial charge in [0.25, 0.3) is 0 Å². The summed E-state index contributed by atoms with van der Waals surface area (Å²) in [5.74, 6) is 0.272. The molecule has 0 radical (unpaired) electrons. The van der Waals surface area contributed by atoms with Crippen molar-refractivity contribution in [2.24, 2.45) is 0 Å². The molecule has 0 unspecified atom stereocenters. The number of likely N-dealkylation sites (N-methyl/N-ethyl adjacent to an activating group) is 1. The van der Waals surface area contributed by atoms with E-state index in [9.17, 15) is 9.90 Å². The maximum atomic E-state index is 12.1. The first kappa shape index (κ1) is 13.1. The molecule has 0 aliphatic carbocycles. The van der Waals surface area contributed by atoms with Gasteiger partial charge in [0, 0.05) is 24.8 Å². The molecule has 1 aromatic carbocycles. The Balaban J connectivity index is 1.91. The summed E-state index contributed by atoms with van der Waals surface area (Å²) in [5, 5.41) is 9.19. The molecule has 0 bridgehead atoms. The fraction of sp³-hybridized carbons (Fsp3) is 0.500. The summed E-state index contributed by atoms with van der Waals surface area (Å²) in [5.41, 5.74) is 0.645. The highest BCUT2D eigenvalue weighted by atomic mass is 16.5. The highest BCUT2D eigenvalue weighted by molar-refractivity contribution is 5.97. The summed E-state index contributed by atoms with van der Waals surface area (Å²) < 4.78 is 5.31. The van der Waals surface area contributed by atoms with Crippen molar-refractivity contribution in [3.63, 3.8) is 0 Å². The van der Waals surface area contributed by atoms with Crippen molar-refractivity contribution in [3.8, 4) is 5.75 Å². The predicted octanol–water partition coefficient (Wildman–Crippen LogP) is 1.69. The molecule has 4 nitrogen and oxygen atoms in total. The van der Waals surface area contributed by atoms with Crippen molar-refractivity contribution < 1.29 is 14.6 Å². The Kier molecular flexibility index (Phi) is 4.33. The predicted molar refractivity (Wildman–Crippen MR) is 68.9 cm³/mol. The molecule has 1 saturated heterocycles. The van der Waals surface area contributed by atoms with E-state index in [1.165, 1.54) is 0 Å². The Labute approximate surface area is 107 Å². The number of ether oxygens (including phenoxy) is 1. The summed E-state index contributed by atoms with van der Waals surface area (Å²) in [6.45, 7) is 1.97. The van der Waals surface area contributed by atoms with Gasteiger partial charge in [-0.2, -0.15) is 0 Å². The third-order valence-electron chi connectivity index (χ3n) is 3.40. The van der Waals surface area contributed by atoms with Gasteiger partial charge in [0.1, 0.15) is 5.75 Å². The normalized spacial score (nSPS) is 17.0. The van der Waals surface area contributed by atoms with E-state index in [2.05, 4.69) is 4.90 Å². The number of phenolic OH excluding ortho intramolecular Hbond substituents is 1. The number of carbonyl (C=O) groups is 1. The SMILES string of the molecule is CN(CC(=O)c1ccc(O)cc1)C1CCOCC1. The second kappa shape index (κ2) is 5.98. The molecule has 1 N–H and O–H groups in total. The van der Waals surface area contributed by atoms with Crippen LogP contribution in [-0.2, 0) is 4.74 Å². The van der Waals surface area contributed by atoms with Gasteiger partial charge in [0.05, 0.1) is 6.54 Å². The molecule has 1 aliphatic rings. The van der Waals surface area contributed by atoms with E-state index in [0.717, 1.165) is 26.1 Å². The molecule has 0 saturated carbocycles. The summed E-state index contributed by atoms with van der Waals surface area (Å²) in [7, 11) is 1.98. The Bertz CT molecular complexity index is 396. The summed E-state index contributed by atoms with van der Waals surface area (Å²) >= 11 is 0. The van der Waals surface area contributed by atoms with E-state index in [4.69, 9.17) is 4.74 Å². The van der Waals surface area contributed by atoms with Crippen LogP contribution in [0.2, 0.25) is 0 Å². The van der Waals surface area contributed by atoms with Gasteiger partial charge in [-0.05, 0) is 44.2 Å². The maximum absolute atomic E-state index is 12.1. The number of phenols is 1. The number of benzene rings is 1. The molecule has 98 valence electrons. The van der Waals surface area contributed by atoms with Crippen LogP contribution in [0, 0.1) is 0 Å². The average molecular weight is 249 g/mol. The fourth-order valence-corrected chi connectivity index (χ4v) is 2.22. The lowest BCUT2D eigenvalue weighted by molar-refractivity contribution is 0.0418. The zero-order valence-corrected chi connectivity index (χ0v) is 10.6. The van der Waals surface area contributed by atoms with Crippen molar-refractivity contribution >= 4 is 5.78 Å². The summed E-state index contributed by atoms with van der Waals surface area (Å²) in [6, 6.07) is 6.84. The van der Waals surface area contributed by atoms with E-state index in [1.54, 1.807) is 24.3 Å². The molecule has 1 heterocycles. The van der Waals surface area contributed by atoms with Crippen LogP contribution in [0.15, 0.2) is 24.3 Å². The topological polar surface area (TPSA) is 49.8 Å². The molecule has 1 fully saturated rings. The van der Waals surface area contributed by atoms with Gasteiger partial charge in [-0.25, -0.2) is 0 Å². The van der Waals surface area contributed by atoms with Crippen LogP contribution in [-0.4, -0.2) is 48.6 Å². The first-order chi connectivity index (χ1) is 8.66. The number of hydrogen-bond acceptors (Lipinski definition) is 4. The second-order valence-corrected chi connectivity index (χ2v) is 4.73. The highest BCUT2D eigenvalue weighted by Crippen LogP contribution is 2.14. The van der Waals surface area contributed by atoms with Crippen molar-refractivity contribution in [3.05, 3.63) is 29.8 Å². The zero-order chi connectivity index (χ0) is 13.0. The van der Waals surface area contributed by atoms with Gasteiger partial charge in [-0.1, -0.05) is 0 Å². The van der Waals surface area contributed by atoms with Crippen LogP contribution in [0.5, 0.6) is 5.75 Å². The monoisotopic (exact) mass is 249 g/mol. The van der Waals surface area contributed by atoms with Crippen molar-refractivity contribution in [2.75, 3.05) is 26.8 Å². The first-order valence-electron chi connectivity index (χ1n) is 6.27. The van der Waals surface area contributed by atoms with Crippen LogP contribution in [0.25, 0.3) is 0 Å². The average Bonchev–Trinajstić information content (AvgIpc) is 2.40. The molecule has 18 heavy (non-hydrogen) atoms. The number of aromatic hydroxyl groups is 1. The van der Waals surface area contributed by atoms with Crippen molar-refractivity contribution in [2.45, 2.75) is 18.9 Å². The fourth-order valence-electron chi connectivity index (χ4n) is 2.22. The number of carbonyl (C=O) groups excluding carboxylic acids is 1. The lowest BCUT2D eigenvalue weighted by Crippen LogP contribution is -2.39. The number of Topliss-reactive ketones (excluding diaryl/α,β-unsaturated/α-hetero) is 1. The largest absolute Gasteiger partial charge is 0.508 e. The van der Waals surface area contributed by atoms with E-state index in [1.807, 2.05) is 7.05 Å². The zero-order valence-electron chi connectivity index (χ0n) is 10.6. The highest BCUT2D eigenvalue weighted by Gasteiger charge is 2.20. The summed E-state index contributed by atoms with van der Waals surface area (Å²) in [4.78, 5) is 14.1. The Morgan fingerprint density at radius 1 is 1.33 bits per heavy atom. The van der Waals surface area contributed by atoms with E-state index in [-0.39, 0.29) is 11.5 Å². The minimum atomic E-state index is 0.0870. The van der Waals surface area contributed by atoms with E-state index in [0.29, 0.717) is 18.2 Å². The third kappa shape index (κ3) is 3.31. The van der Waals surface area contributed by atoms with Crippen molar-refractivity contribution in [1.82, 2.24) is 4.90 Å². The number of nitrogens with zero attached hydrogens (tertiary/aromatic N) is 1. The van der Waals surface area contributed by atoms with Gasteiger partial charge in [0.15, 0.2) is 5.78 Å². The van der Waals surface area contributed by atoms with Gasteiger partial charge in [-0.15, -0.1) is 0 Å². The first-order valence-corrected chi connectivity index (χ1v) is 6.27. The Hall–Kier alpha value is -1.39. The van der Waals surface area contributed by atoms with E-state index < -0.39 is 0 Å². The maximum Gasteiger partial charge on any atom is 0.176 e. The van der Waals surface area contributed by atoms with Gasteiger partial charge in [-0.3, -0.25) is 9.69 Å². The van der Waals surface area contributed by atoms with Gasteiger partial charge < -0.3 is 9.84 Å². The molecule has 1 aliphatic heterocycles. The Morgan fingerprint density at radius 2 is 1.94 bits per heavy atom. The molecule has 1 aromatic rings. The number of rotatable bonds is 4. The van der Waals surface area contributed by atoms with Crippen LogP contribution in [0.4, 0.5) is 0 Å². The minimum Gasteiger partial charge on any atom is -0.508 e. The number of hydrogen-bond donors (Lipinski definition) is 1. The molecular formula is C14H19NO3. The molecular weight excluding hydrogens is 230 g/mol.